The number of unbranched alkanes of at least 4 members (excludes halogenated alkanes) is 1. The zero-order chi connectivity index (χ0) is 24.2. The summed E-state index contributed by atoms with van der Waals surface area (Å²) in [5.41, 5.74) is 3.01. The molecule has 6 heteroatoms. The molecule has 1 aliphatic rings. The number of methoxy groups -OCH3 is 1. The molecule has 0 aliphatic carbocycles. The molecule has 178 valence electrons. The number of anilines is 1. The van der Waals surface area contributed by atoms with E-state index < -0.39 is 0 Å². The fraction of sp³-hybridized carbons (Fsp3) is 0.357. The number of carbonyl (C=O) groups excluding carboxylic acids is 2. The third kappa shape index (κ3) is 4.58. The Balaban J connectivity index is 1.79. The van der Waals surface area contributed by atoms with Gasteiger partial charge in [0.05, 0.1) is 38.3 Å². The lowest BCUT2D eigenvalue weighted by Gasteiger charge is -2.19. The average Bonchev–Trinajstić information content (AvgIpc) is 3.18. The number of esters is 1. The molecule has 0 N–H and O–H groups in total. The molecule has 1 amide bonds. The number of rotatable bonds is 9. The van der Waals surface area contributed by atoms with Gasteiger partial charge in [0.15, 0.2) is 0 Å². The van der Waals surface area contributed by atoms with Gasteiger partial charge in [0.1, 0.15) is 11.5 Å². The molecule has 3 aromatic rings. The highest BCUT2D eigenvalue weighted by atomic mass is 16.5. The summed E-state index contributed by atoms with van der Waals surface area (Å²) in [4.78, 5) is 27.1. The summed E-state index contributed by atoms with van der Waals surface area (Å²) in [6, 6.07) is 15.4. The van der Waals surface area contributed by atoms with Crippen molar-refractivity contribution in [2.24, 2.45) is 0 Å². The van der Waals surface area contributed by atoms with Crippen molar-refractivity contribution in [3.63, 3.8) is 0 Å². The van der Waals surface area contributed by atoms with Gasteiger partial charge in [-0.3, -0.25) is 9.59 Å². The SMILES string of the molecule is CCCCOc1c2c(c(OC(C)C)c3ccccc13)CN(c1ccc(CC(=O)OC)cc1)C2=O. The van der Waals surface area contributed by atoms with Crippen LogP contribution in [0.2, 0.25) is 0 Å². The minimum atomic E-state index is -0.298. The lowest BCUT2D eigenvalue weighted by Crippen LogP contribution is -2.23. The Kier molecular flexibility index (Phi) is 7.06. The first-order valence-electron chi connectivity index (χ1n) is 11.8. The molecule has 0 spiro atoms. The molecule has 0 atom stereocenters. The molecule has 0 fully saturated rings. The molecule has 3 aromatic carbocycles. The first-order valence-corrected chi connectivity index (χ1v) is 11.8. The first kappa shape index (κ1) is 23.6. The maximum Gasteiger partial charge on any atom is 0.309 e. The molecule has 6 nitrogen and oxygen atoms in total. The van der Waals surface area contributed by atoms with Gasteiger partial charge in [0, 0.05) is 22.0 Å². The van der Waals surface area contributed by atoms with Crippen LogP contribution in [0.3, 0.4) is 0 Å². The summed E-state index contributed by atoms with van der Waals surface area (Å²) < 4.78 is 17.3. The third-order valence-electron chi connectivity index (χ3n) is 5.92. The van der Waals surface area contributed by atoms with E-state index in [-0.39, 0.29) is 24.4 Å². The first-order chi connectivity index (χ1) is 16.4. The molecule has 0 saturated heterocycles. The quantitative estimate of drug-likeness (QED) is 0.303. The van der Waals surface area contributed by atoms with E-state index in [2.05, 4.69) is 6.92 Å². The Bertz CT molecular complexity index is 1200. The van der Waals surface area contributed by atoms with Gasteiger partial charge >= 0.3 is 5.97 Å². The van der Waals surface area contributed by atoms with Crippen molar-refractivity contribution in [1.29, 1.82) is 0 Å². The number of hydrogen-bond acceptors (Lipinski definition) is 5. The van der Waals surface area contributed by atoms with Crippen LogP contribution < -0.4 is 14.4 Å². The van der Waals surface area contributed by atoms with Crippen LogP contribution in [-0.4, -0.2) is 31.7 Å². The summed E-state index contributed by atoms with van der Waals surface area (Å²) in [6.07, 6.45) is 2.07. The summed E-state index contributed by atoms with van der Waals surface area (Å²) in [6.45, 7) is 7.03. The van der Waals surface area contributed by atoms with E-state index >= 15 is 0 Å². The van der Waals surface area contributed by atoms with Crippen LogP contribution >= 0.6 is 0 Å². The predicted octanol–water partition coefficient (Wildman–Crippen LogP) is 5.68. The van der Waals surface area contributed by atoms with Crippen molar-refractivity contribution in [2.45, 2.75) is 52.7 Å². The molecule has 0 radical (unpaired) electrons. The zero-order valence-corrected chi connectivity index (χ0v) is 20.2. The zero-order valence-electron chi connectivity index (χ0n) is 20.2. The van der Waals surface area contributed by atoms with Crippen LogP contribution in [0.5, 0.6) is 11.5 Å². The van der Waals surface area contributed by atoms with Crippen LogP contribution in [0.1, 0.15) is 55.1 Å². The summed E-state index contributed by atoms with van der Waals surface area (Å²) >= 11 is 0. The van der Waals surface area contributed by atoms with E-state index in [1.165, 1.54) is 7.11 Å². The lowest BCUT2D eigenvalue weighted by molar-refractivity contribution is -0.139. The second-order valence-corrected chi connectivity index (χ2v) is 8.74. The number of carbonyl (C=O) groups is 2. The standard InChI is InChI=1S/C28H31NO5/c1-5-6-15-33-27-22-10-8-7-9-21(22)26(34-18(2)3)23-17-29(28(31)25(23)27)20-13-11-19(12-14-20)16-24(30)32-4/h7-14,18H,5-6,15-17H2,1-4H3. The Morgan fingerprint density at radius 2 is 1.71 bits per heavy atom. The fourth-order valence-corrected chi connectivity index (χ4v) is 4.25. The van der Waals surface area contributed by atoms with Gasteiger partial charge in [-0.2, -0.15) is 0 Å². The minimum absolute atomic E-state index is 0.0406. The molecule has 0 bridgehead atoms. The summed E-state index contributed by atoms with van der Waals surface area (Å²) in [5.74, 6) is 0.960. The van der Waals surface area contributed by atoms with Gasteiger partial charge in [-0.25, -0.2) is 0 Å². The third-order valence-corrected chi connectivity index (χ3v) is 5.92. The number of nitrogens with zero attached hydrogens (tertiary/aromatic N) is 1. The maximum absolute atomic E-state index is 13.8. The van der Waals surface area contributed by atoms with Gasteiger partial charge in [-0.05, 0) is 38.0 Å². The number of hydrogen-bond donors (Lipinski definition) is 0. The number of fused-ring (bicyclic) bond motifs is 2. The fourth-order valence-electron chi connectivity index (χ4n) is 4.25. The maximum atomic E-state index is 13.8. The van der Waals surface area contributed by atoms with Crippen LogP contribution in [0.25, 0.3) is 10.8 Å². The van der Waals surface area contributed by atoms with Gasteiger partial charge < -0.3 is 19.1 Å². The highest BCUT2D eigenvalue weighted by molar-refractivity contribution is 6.16. The van der Waals surface area contributed by atoms with Crippen molar-refractivity contribution < 1.29 is 23.8 Å². The van der Waals surface area contributed by atoms with Crippen LogP contribution in [-0.2, 0) is 22.5 Å². The number of amides is 1. The summed E-state index contributed by atoms with van der Waals surface area (Å²) in [7, 11) is 1.37. The number of ether oxygens (including phenoxy) is 3. The topological polar surface area (TPSA) is 65.1 Å². The molecule has 0 unspecified atom stereocenters. The van der Waals surface area contributed by atoms with E-state index in [0.717, 1.165) is 46.2 Å². The Morgan fingerprint density at radius 3 is 2.32 bits per heavy atom. The highest BCUT2D eigenvalue weighted by Gasteiger charge is 2.37. The van der Waals surface area contributed by atoms with E-state index in [4.69, 9.17) is 14.2 Å². The van der Waals surface area contributed by atoms with Crippen molar-refractivity contribution >= 4 is 28.3 Å². The van der Waals surface area contributed by atoms with Gasteiger partial charge in [-0.1, -0.05) is 49.7 Å². The van der Waals surface area contributed by atoms with Gasteiger partial charge in [0.25, 0.3) is 5.91 Å². The molecular formula is C28H31NO5. The second kappa shape index (κ2) is 10.2. The lowest BCUT2D eigenvalue weighted by atomic mass is 9.99. The van der Waals surface area contributed by atoms with Crippen molar-refractivity contribution in [1.82, 2.24) is 0 Å². The average molecular weight is 462 g/mol. The predicted molar refractivity (Wildman–Crippen MR) is 133 cm³/mol. The molecule has 0 aromatic heterocycles. The van der Waals surface area contributed by atoms with Gasteiger partial charge in [0.2, 0.25) is 0 Å². The smallest absolute Gasteiger partial charge is 0.309 e. The van der Waals surface area contributed by atoms with Gasteiger partial charge in [-0.15, -0.1) is 0 Å². The minimum Gasteiger partial charge on any atom is -0.492 e. The van der Waals surface area contributed by atoms with Crippen LogP contribution in [0.15, 0.2) is 48.5 Å². The Morgan fingerprint density at radius 1 is 1.03 bits per heavy atom. The molecule has 0 saturated carbocycles. The van der Waals surface area contributed by atoms with E-state index in [1.54, 1.807) is 4.90 Å². The molecule has 1 aliphatic heterocycles. The molecule has 1 heterocycles. The largest absolute Gasteiger partial charge is 0.492 e. The molecular weight excluding hydrogens is 430 g/mol. The monoisotopic (exact) mass is 461 g/mol. The second-order valence-electron chi connectivity index (χ2n) is 8.74. The van der Waals surface area contributed by atoms with E-state index in [9.17, 15) is 9.59 Å². The van der Waals surface area contributed by atoms with Crippen molar-refractivity contribution in [3.05, 3.63) is 65.2 Å². The molecule has 34 heavy (non-hydrogen) atoms. The number of benzene rings is 3. The van der Waals surface area contributed by atoms with Crippen molar-refractivity contribution in [2.75, 3.05) is 18.6 Å². The molecule has 4 rings (SSSR count). The van der Waals surface area contributed by atoms with Crippen LogP contribution in [0.4, 0.5) is 5.69 Å². The normalized spacial score (nSPS) is 12.9. The highest BCUT2D eigenvalue weighted by Crippen LogP contribution is 2.46. The summed E-state index contributed by atoms with van der Waals surface area (Å²) in [5, 5.41) is 1.83. The Hall–Kier alpha value is -3.54. The van der Waals surface area contributed by atoms with E-state index in [1.807, 2.05) is 62.4 Å². The van der Waals surface area contributed by atoms with E-state index in [0.29, 0.717) is 24.5 Å². The Labute approximate surface area is 200 Å². The van der Waals surface area contributed by atoms with Crippen LogP contribution in [0, 0.1) is 0 Å². The van der Waals surface area contributed by atoms with Crippen molar-refractivity contribution in [3.8, 4) is 11.5 Å².